The van der Waals surface area contributed by atoms with Gasteiger partial charge in [-0.05, 0) is 22.6 Å². The summed E-state index contributed by atoms with van der Waals surface area (Å²) in [6.07, 6.45) is 0. The third kappa shape index (κ3) is 2.95. The summed E-state index contributed by atoms with van der Waals surface area (Å²) in [5.41, 5.74) is 2.20. The zero-order valence-electron chi connectivity index (χ0n) is 15.5. The second kappa shape index (κ2) is 6.78. The average Bonchev–Trinajstić information content (AvgIpc) is 2.79. The molecule has 29 heavy (non-hydrogen) atoms. The van der Waals surface area contributed by atoms with Crippen molar-refractivity contribution < 1.29 is 8.78 Å². The van der Waals surface area contributed by atoms with Crippen LogP contribution in [-0.4, -0.2) is 4.98 Å². The fourth-order valence-corrected chi connectivity index (χ4v) is 3.78. The van der Waals surface area contributed by atoms with E-state index in [0.29, 0.717) is 10.9 Å². The Morgan fingerprint density at radius 2 is 1.07 bits per heavy atom. The Morgan fingerprint density at radius 1 is 0.517 bits per heavy atom. The maximum atomic E-state index is 15.6. The van der Waals surface area contributed by atoms with Gasteiger partial charge in [-0.3, -0.25) is 0 Å². The predicted molar refractivity (Wildman–Crippen MR) is 114 cm³/mol. The number of aromatic nitrogens is 1. The molecule has 1 nitrogen and oxygen atoms in total. The zero-order valence-corrected chi connectivity index (χ0v) is 15.5. The Labute approximate surface area is 167 Å². The topological polar surface area (TPSA) is 12.9 Å². The van der Waals surface area contributed by atoms with Crippen molar-refractivity contribution in [3.05, 3.63) is 114 Å². The first-order valence-corrected chi connectivity index (χ1v) is 9.46. The summed E-state index contributed by atoms with van der Waals surface area (Å²) in [7, 11) is 0. The lowest BCUT2D eigenvalue weighted by Crippen LogP contribution is -2.18. The van der Waals surface area contributed by atoms with Crippen molar-refractivity contribution in [2.45, 2.75) is 5.92 Å². The smallest absolute Gasteiger partial charge is 0.245 e. The van der Waals surface area contributed by atoms with Crippen LogP contribution in [-0.2, 0) is 5.92 Å². The molecule has 0 aliphatic rings. The molecule has 0 radical (unpaired) electrons. The quantitative estimate of drug-likeness (QED) is 0.301. The molecule has 4 aromatic carbocycles. The summed E-state index contributed by atoms with van der Waals surface area (Å²) in [5.74, 6) is -3.21. The predicted octanol–water partition coefficient (Wildman–Crippen LogP) is 7.20. The van der Waals surface area contributed by atoms with Crippen molar-refractivity contribution in [2.75, 3.05) is 0 Å². The molecule has 0 aliphatic heterocycles. The number of nitrogens with zero attached hydrogens (tertiary/aromatic N) is 1. The summed E-state index contributed by atoms with van der Waals surface area (Å²) in [5, 5.41) is 2.14. The van der Waals surface area contributed by atoms with Crippen LogP contribution in [0.3, 0.4) is 0 Å². The van der Waals surface area contributed by atoms with Crippen molar-refractivity contribution in [1.82, 2.24) is 4.98 Å². The van der Waals surface area contributed by atoms with E-state index in [1.54, 1.807) is 30.3 Å². The van der Waals surface area contributed by atoms with E-state index in [2.05, 4.69) is 4.98 Å². The van der Waals surface area contributed by atoms with E-state index in [0.717, 1.165) is 21.9 Å². The highest BCUT2D eigenvalue weighted by atomic mass is 19.3. The number of fused-ring (bicyclic) bond motifs is 3. The number of benzene rings is 4. The van der Waals surface area contributed by atoms with Crippen LogP contribution in [0.25, 0.3) is 32.8 Å². The van der Waals surface area contributed by atoms with Crippen molar-refractivity contribution in [3.8, 4) is 11.1 Å². The van der Waals surface area contributed by atoms with Crippen LogP contribution in [0.5, 0.6) is 0 Å². The lowest BCUT2D eigenvalue weighted by atomic mass is 9.96. The second-order valence-corrected chi connectivity index (χ2v) is 7.04. The molecule has 0 fully saturated rings. The standard InChI is InChI=1S/C26H17F2N/c27-26(28,20-16-14-19(15-17-20)18-8-2-1-3-9-18)25-23-12-5-4-10-21(23)22-11-6-7-13-24(22)29-25/h1-17H. The van der Waals surface area contributed by atoms with Crippen LogP contribution >= 0.6 is 0 Å². The number of para-hydroxylation sites is 1. The van der Waals surface area contributed by atoms with E-state index >= 15 is 8.78 Å². The van der Waals surface area contributed by atoms with Gasteiger partial charge in [-0.2, -0.15) is 8.78 Å². The van der Waals surface area contributed by atoms with Crippen molar-refractivity contribution in [3.63, 3.8) is 0 Å². The molecule has 5 rings (SSSR count). The molecule has 0 atom stereocenters. The number of rotatable bonds is 3. The van der Waals surface area contributed by atoms with E-state index in [1.165, 1.54) is 12.1 Å². The van der Waals surface area contributed by atoms with Gasteiger partial charge in [0.2, 0.25) is 0 Å². The highest BCUT2D eigenvalue weighted by Crippen LogP contribution is 2.40. The first kappa shape index (κ1) is 17.5. The first-order valence-electron chi connectivity index (χ1n) is 9.46. The number of pyridine rings is 1. The molecule has 0 saturated carbocycles. The Kier molecular flexibility index (Phi) is 4.09. The molecular formula is C26H17F2N. The summed E-state index contributed by atoms with van der Waals surface area (Å²) in [6.45, 7) is 0. The van der Waals surface area contributed by atoms with Gasteiger partial charge in [0.25, 0.3) is 0 Å². The normalized spacial score (nSPS) is 11.8. The molecule has 0 unspecified atom stereocenters. The van der Waals surface area contributed by atoms with E-state index in [-0.39, 0.29) is 11.3 Å². The molecular weight excluding hydrogens is 364 g/mol. The van der Waals surface area contributed by atoms with Crippen molar-refractivity contribution >= 4 is 21.7 Å². The zero-order chi connectivity index (χ0) is 19.8. The monoisotopic (exact) mass is 381 g/mol. The van der Waals surface area contributed by atoms with E-state index < -0.39 is 5.92 Å². The van der Waals surface area contributed by atoms with Gasteiger partial charge in [0, 0.05) is 16.3 Å². The number of halogens is 2. The maximum Gasteiger partial charge on any atom is 0.315 e. The molecule has 0 aliphatic carbocycles. The van der Waals surface area contributed by atoms with Gasteiger partial charge in [-0.25, -0.2) is 4.98 Å². The van der Waals surface area contributed by atoms with Crippen molar-refractivity contribution in [1.29, 1.82) is 0 Å². The van der Waals surface area contributed by atoms with E-state index in [1.807, 2.05) is 60.7 Å². The SMILES string of the molecule is FC(F)(c1ccc(-c2ccccc2)cc1)c1nc2ccccc2c2ccccc12. The van der Waals surface area contributed by atoms with Crippen LogP contribution in [0.15, 0.2) is 103 Å². The third-order valence-electron chi connectivity index (χ3n) is 5.26. The molecule has 0 bridgehead atoms. The maximum absolute atomic E-state index is 15.6. The minimum atomic E-state index is -3.21. The summed E-state index contributed by atoms with van der Waals surface area (Å²) in [4.78, 5) is 4.38. The number of hydrogen-bond acceptors (Lipinski definition) is 1. The Morgan fingerprint density at radius 3 is 1.79 bits per heavy atom. The molecule has 1 aromatic heterocycles. The molecule has 0 N–H and O–H groups in total. The van der Waals surface area contributed by atoms with Gasteiger partial charge in [0.05, 0.1) is 5.52 Å². The molecule has 1 heterocycles. The van der Waals surface area contributed by atoms with Crippen molar-refractivity contribution in [2.24, 2.45) is 0 Å². The molecule has 3 heteroatoms. The molecule has 5 aromatic rings. The number of hydrogen-bond donors (Lipinski definition) is 0. The number of alkyl halides is 2. The van der Waals surface area contributed by atoms with Crippen LogP contribution < -0.4 is 0 Å². The Balaban J connectivity index is 1.67. The fourth-order valence-electron chi connectivity index (χ4n) is 3.78. The molecule has 0 spiro atoms. The molecule has 0 saturated heterocycles. The minimum Gasteiger partial charge on any atom is -0.245 e. The van der Waals surface area contributed by atoms with Crippen LogP contribution in [0.2, 0.25) is 0 Å². The summed E-state index contributed by atoms with van der Waals surface area (Å²) < 4.78 is 31.2. The van der Waals surface area contributed by atoms with E-state index in [9.17, 15) is 0 Å². The van der Waals surface area contributed by atoms with Gasteiger partial charge in [0.1, 0.15) is 5.69 Å². The van der Waals surface area contributed by atoms with Gasteiger partial charge < -0.3 is 0 Å². The Hall–Kier alpha value is -3.59. The van der Waals surface area contributed by atoms with Crippen LogP contribution in [0.4, 0.5) is 8.78 Å². The summed E-state index contributed by atoms with van der Waals surface area (Å²) in [6, 6.07) is 30.8. The largest absolute Gasteiger partial charge is 0.315 e. The fraction of sp³-hybridized carbons (Fsp3) is 0.0385. The van der Waals surface area contributed by atoms with Gasteiger partial charge in [-0.15, -0.1) is 0 Å². The van der Waals surface area contributed by atoms with Gasteiger partial charge in [-0.1, -0.05) is 97.1 Å². The highest BCUT2D eigenvalue weighted by Gasteiger charge is 2.37. The highest BCUT2D eigenvalue weighted by molar-refractivity contribution is 6.06. The lowest BCUT2D eigenvalue weighted by Gasteiger charge is -2.20. The second-order valence-electron chi connectivity index (χ2n) is 7.04. The third-order valence-corrected chi connectivity index (χ3v) is 5.26. The van der Waals surface area contributed by atoms with E-state index in [4.69, 9.17) is 0 Å². The van der Waals surface area contributed by atoms with Crippen LogP contribution in [0, 0.1) is 0 Å². The van der Waals surface area contributed by atoms with Gasteiger partial charge >= 0.3 is 5.92 Å². The minimum absolute atomic E-state index is 0.0647. The molecule has 140 valence electrons. The molecule has 0 amide bonds. The average molecular weight is 381 g/mol. The first-order chi connectivity index (χ1) is 14.1. The Bertz CT molecular complexity index is 1310. The summed E-state index contributed by atoms with van der Waals surface area (Å²) >= 11 is 0. The van der Waals surface area contributed by atoms with Crippen LogP contribution in [0.1, 0.15) is 11.3 Å². The lowest BCUT2D eigenvalue weighted by molar-refractivity contribution is 0.0401. The van der Waals surface area contributed by atoms with Gasteiger partial charge in [0.15, 0.2) is 0 Å².